The van der Waals surface area contributed by atoms with E-state index in [0.717, 1.165) is 11.1 Å². The summed E-state index contributed by atoms with van der Waals surface area (Å²) in [6.07, 6.45) is 1.37. The molecule has 1 atom stereocenters. The van der Waals surface area contributed by atoms with E-state index in [1.165, 1.54) is 6.20 Å². The average molecular weight is 320 g/mol. The predicted octanol–water partition coefficient (Wildman–Crippen LogP) is 3.27. The lowest BCUT2D eigenvalue weighted by molar-refractivity contribution is -0.117. The fourth-order valence-electron chi connectivity index (χ4n) is 2.21. The molecule has 5 heteroatoms. The summed E-state index contributed by atoms with van der Waals surface area (Å²) in [6, 6.07) is 16.8. The lowest BCUT2D eigenvalue weighted by Crippen LogP contribution is -2.28. The van der Waals surface area contributed by atoms with Gasteiger partial charge in [-0.15, -0.1) is 0 Å². The molecular formula is C19H20N4O. The lowest BCUT2D eigenvalue weighted by atomic mass is 10.1. The Kier molecular flexibility index (Phi) is 5.58. The van der Waals surface area contributed by atoms with Crippen LogP contribution in [-0.2, 0) is 4.79 Å². The number of aryl methyl sites for hydroxylation is 1. The van der Waals surface area contributed by atoms with E-state index in [9.17, 15) is 10.1 Å². The van der Waals surface area contributed by atoms with Gasteiger partial charge in [0.05, 0.1) is 17.4 Å². The summed E-state index contributed by atoms with van der Waals surface area (Å²) in [7, 11) is 0. The number of amides is 1. The number of benzene rings is 2. The monoisotopic (exact) mass is 320 g/mol. The second-order valence-electron chi connectivity index (χ2n) is 5.51. The first-order valence-corrected chi connectivity index (χ1v) is 7.60. The first kappa shape index (κ1) is 17.1. The number of nitrogen functional groups attached to an aromatic ring is 1. The van der Waals surface area contributed by atoms with E-state index in [4.69, 9.17) is 5.73 Å². The van der Waals surface area contributed by atoms with Crippen molar-refractivity contribution in [1.29, 1.82) is 5.26 Å². The minimum atomic E-state index is -0.438. The van der Waals surface area contributed by atoms with Crippen LogP contribution in [0.25, 0.3) is 0 Å². The van der Waals surface area contributed by atoms with E-state index >= 15 is 0 Å². The van der Waals surface area contributed by atoms with E-state index in [1.54, 1.807) is 6.07 Å². The summed E-state index contributed by atoms with van der Waals surface area (Å²) in [4.78, 5) is 12.2. The molecule has 0 heterocycles. The van der Waals surface area contributed by atoms with Crippen LogP contribution >= 0.6 is 0 Å². The lowest BCUT2D eigenvalue weighted by Gasteiger charge is -2.14. The van der Waals surface area contributed by atoms with Gasteiger partial charge in [0.25, 0.3) is 5.91 Å². The Bertz CT molecular complexity index is 791. The number of hydrogen-bond donors (Lipinski definition) is 3. The molecule has 122 valence electrons. The molecule has 24 heavy (non-hydrogen) atoms. The molecule has 0 saturated carbocycles. The Hall–Kier alpha value is -3.26. The van der Waals surface area contributed by atoms with Gasteiger partial charge in [0.2, 0.25) is 0 Å². The third kappa shape index (κ3) is 4.37. The number of nitrogens with one attached hydrogen (secondary N) is 2. The molecule has 2 aromatic carbocycles. The van der Waals surface area contributed by atoms with Crippen molar-refractivity contribution in [2.24, 2.45) is 0 Å². The second kappa shape index (κ2) is 7.84. The molecule has 0 aliphatic carbocycles. The van der Waals surface area contributed by atoms with E-state index in [-0.39, 0.29) is 11.6 Å². The van der Waals surface area contributed by atoms with Crippen LogP contribution in [0.1, 0.15) is 24.1 Å². The van der Waals surface area contributed by atoms with Gasteiger partial charge in [0.1, 0.15) is 11.6 Å². The highest BCUT2D eigenvalue weighted by molar-refractivity contribution is 5.97. The molecule has 0 bridgehead atoms. The summed E-state index contributed by atoms with van der Waals surface area (Å²) in [5.41, 5.74) is 9.11. The van der Waals surface area contributed by atoms with Crippen molar-refractivity contribution in [3.8, 4) is 6.07 Å². The summed E-state index contributed by atoms with van der Waals surface area (Å²) < 4.78 is 0. The number of carbonyl (C=O) groups is 1. The molecule has 2 aromatic rings. The van der Waals surface area contributed by atoms with Gasteiger partial charge in [-0.25, -0.2) is 0 Å². The van der Waals surface area contributed by atoms with Crippen molar-refractivity contribution in [1.82, 2.24) is 5.32 Å². The first-order chi connectivity index (χ1) is 11.5. The van der Waals surface area contributed by atoms with Gasteiger partial charge in [-0.3, -0.25) is 4.79 Å². The zero-order chi connectivity index (χ0) is 17.5. The van der Waals surface area contributed by atoms with Crippen LogP contribution in [0.2, 0.25) is 0 Å². The molecule has 0 spiro atoms. The number of carbonyl (C=O) groups excluding carboxylic acids is 1. The van der Waals surface area contributed by atoms with Crippen LogP contribution in [0.5, 0.6) is 0 Å². The van der Waals surface area contributed by atoms with Crippen LogP contribution < -0.4 is 16.4 Å². The van der Waals surface area contributed by atoms with E-state index < -0.39 is 5.91 Å². The van der Waals surface area contributed by atoms with Crippen LogP contribution in [0.15, 0.2) is 60.3 Å². The van der Waals surface area contributed by atoms with Crippen molar-refractivity contribution in [2.75, 3.05) is 11.1 Å². The largest absolute Gasteiger partial charge is 0.397 e. The highest BCUT2D eigenvalue weighted by Gasteiger charge is 2.13. The third-order valence-corrected chi connectivity index (χ3v) is 3.59. The maximum atomic E-state index is 12.2. The fourth-order valence-corrected chi connectivity index (χ4v) is 2.21. The molecule has 0 fully saturated rings. The maximum absolute atomic E-state index is 12.2. The molecular weight excluding hydrogens is 300 g/mol. The highest BCUT2D eigenvalue weighted by atomic mass is 16.1. The van der Waals surface area contributed by atoms with Crippen molar-refractivity contribution in [3.05, 3.63) is 71.4 Å². The summed E-state index contributed by atoms with van der Waals surface area (Å²) in [5, 5.41) is 14.9. The highest BCUT2D eigenvalue weighted by Crippen LogP contribution is 2.19. The minimum Gasteiger partial charge on any atom is -0.397 e. The van der Waals surface area contributed by atoms with Crippen LogP contribution in [0.4, 0.5) is 11.4 Å². The molecule has 4 N–H and O–H groups in total. The Morgan fingerprint density at radius 1 is 1.25 bits per heavy atom. The van der Waals surface area contributed by atoms with Crippen molar-refractivity contribution in [2.45, 2.75) is 19.9 Å². The molecule has 5 nitrogen and oxygen atoms in total. The van der Waals surface area contributed by atoms with Crippen LogP contribution in [0, 0.1) is 18.3 Å². The summed E-state index contributed by atoms with van der Waals surface area (Å²) >= 11 is 0. The van der Waals surface area contributed by atoms with Crippen LogP contribution in [-0.4, -0.2) is 5.91 Å². The quantitative estimate of drug-likeness (QED) is 0.448. The zero-order valence-electron chi connectivity index (χ0n) is 13.7. The average Bonchev–Trinajstić information content (AvgIpc) is 2.57. The predicted molar refractivity (Wildman–Crippen MR) is 95.9 cm³/mol. The number of nitrogens with zero attached hydrogens (tertiary/aromatic N) is 1. The third-order valence-electron chi connectivity index (χ3n) is 3.59. The molecule has 2 rings (SSSR count). The maximum Gasteiger partial charge on any atom is 0.263 e. The topological polar surface area (TPSA) is 90.9 Å². The standard InChI is InChI=1S/C19H20N4O/c1-13-8-9-18(17(21)10-13)22-12-16(11-20)19(24)23-14(2)15-6-4-3-5-7-15/h3-10,12,14,22H,21H2,1-2H3,(H,23,24)/b16-12-. The Balaban J connectivity index is 2.07. The number of nitriles is 1. The second-order valence-corrected chi connectivity index (χ2v) is 5.51. The molecule has 0 aromatic heterocycles. The van der Waals surface area contributed by atoms with E-state index in [1.807, 2.05) is 62.4 Å². The van der Waals surface area contributed by atoms with Gasteiger partial charge < -0.3 is 16.4 Å². The van der Waals surface area contributed by atoms with Gasteiger partial charge in [-0.1, -0.05) is 36.4 Å². The van der Waals surface area contributed by atoms with Gasteiger partial charge in [0.15, 0.2) is 0 Å². The minimum absolute atomic E-state index is 0.0160. The number of hydrogen-bond acceptors (Lipinski definition) is 4. The summed E-state index contributed by atoms with van der Waals surface area (Å²) in [5.74, 6) is -0.438. The fraction of sp³-hybridized carbons (Fsp3) is 0.158. The van der Waals surface area contributed by atoms with Gasteiger partial charge in [0, 0.05) is 6.20 Å². The molecule has 1 unspecified atom stereocenters. The number of rotatable bonds is 5. The van der Waals surface area contributed by atoms with Crippen molar-refractivity contribution < 1.29 is 4.79 Å². The number of nitrogens with two attached hydrogens (primary N) is 1. The Morgan fingerprint density at radius 2 is 1.96 bits per heavy atom. The molecule has 0 radical (unpaired) electrons. The van der Waals surface area contributed by atoms with Crippen LogP contribution in [0.3, 0.4) is 0 Å². The zero-order valence-corrected chi connectivity index (χ0v) is 13.7. The van der Waals surface area contributed by atoms with E-state index in [0.29, 0.717) is 11.4 Å². The molecule has 0 saturated heterocycles. The Labute approximate surface area is 141 Å². The molecule has 0 aliphatic rings. The number of anilines is 2. The Morgan fingerprint density at radius 3 is 2.58 bits per heavy atom. The SMILES string of the molecule is Cc1ccc(N/C=C(/C#N)C(=O)NC(C)c2ccccc2)c(N)c1. The summed E-state index contributed by atoms with van der Waals surface area (Å²) in [6.45, 7) is 3.81. The molecule has 1 amide bonds. The van der Waals surface area contributed by atoms with E-state index in [2.05, 4.69) is 10.6 Å². The smallest absolute Gasteiger partial charge is 0.263 e. The normalized spacial score (nSPS) is 12.1. The van der Waals surface area contributed by atoms with Gasteiger partial charge >= 0.3 is 0 Å². The van der Waals surface area contributed by atoms with Gasteiger partial charge in [-0.05, 0) is 37.1 Å². The van der Waals surface area contributed by atoms with Crippen molar-refractivity contribution in [3.63, 3.8) is 0 Å². The first-order valence-electron chi connectivity index (χ1n) is 7.60. The molecule has 0 aliphatic heterocycles. The van der Waals surface area contributed by atoms with Gasteiger partial charge in [-0.2, -0.15) is 5.26 Å². The van der Waals surface area contributed by atoms with Crippen molar-refractivity contribution >= 4 is 17.3 Å².